The average Bonchev–Trinajstić information content (AvgIpc) is 2.31. The lowest BCUT2D eigenvalue weighted by molar-refractivity contribution is 0.475. The predicted molar refractivity (Wildman–Crippen MR) is 66.3 cm³/mol. The highest BCUT2D eigenvalue weighted by Crippen LogP contribution is 2.22. The fraction of sp³-hybridized carbons (Fsp3) is 0.143. The number of aromatic hydroxyl groups is 1. The SMILES string of the molecule is CNCc1cccc(-c2ccc(O)cc2)c1. The van der Waals surface area contributed by atoms with E-state index in [1.807, 2.05) is 19.2 Å². The summed E-state index contributed by atoms with van der Waals surface area (Å²) in [6.45, 7) is 0.867. The summed E-state index contributed by atoms with van der Waals surface area (Å²) in [5.74, 6) is 0.301. The van der Waals surface area contributed by atoms with E-state index in [2.05, 4.69) is 29.6 Å². The van der Waals surface area contributed by atoms with Gasteiger partial charge in [0.15, 0.2) is 0 Å². The minimum absolute atomic E-state index is 0.301. The zero-order valence-corrected chi connectivity index (χ0v) is 9.27. The van der Waals surface area contributed by atoms with Crippen LogP contribution in [0.5, 0.6) is 5.75 Å². The molecule has 0 spiro atoms. The van der Waals surface area contributed by atoms with Gasteiger partial charge in [-0.3, -0.25) is 0 Å². The number of benzene rings is 2. The van der Waals surface area contributed by atoms with Crippen LogP contribution in [0.25, 0.3) is 11.1 Å². The van der Waals surface area contributed by atoms with Crippen molar-refractivity contribution in [2.45, 2.75) is 6.54 Å². The third-order valence-corrected chi connectivity index (χ3v) is 2.51. The molecule has 0 saturated heterocycles. The van der Waals surface area contributed by atoms with E-state index < -0.39 is 0 Å². The summed E-state index contributed by atoms with van der Waals surface area (Å²) in [5.41, 5.74) is 3.55. The minimum atomic E-state index is 0.301. The van der Waals surface area contributed by atoms with Crippen LogP contribution >= 0.6 is 0 Å². The third-order valence-electron chi connectivity index (χ3n) is 2.51. The zero-order chi connectivity index (χ0) is 11.4. The molecule has 0 aliphatic rings. The Bertz CT molecular complexity index is 462. The maximum absolute atomic E-state index is 9.23. The first-order chi connectivity index (χ1) is 7.79. The summed E-state index contributed by atoms with van der Waals surface area (Å²) in [6, 6.07) is 15.6. The van der Waals surface area contributed by atoms with Crippen LogP contribution in [0.15, 0.2) is 48.5 Å². The molecule has 2 N–H and O–H groups in total. The van der Waals surface area contributed by atoms with Gasteiger partial charge in [0.2, 0.25) is 0 Å². The van der Waals surface area contributed by atoms with Gasteiger partial charge >= 0.3 is 0 Å². The smallest absolute Gasteiger partial charge is 0.115 e. The van der Waals surface area contributed by atoms with Gasteiger partial charge < -0.3 is 10.4 Å². The van der Waals surface area contributed by atoms with Crippen LogP contribution < -0.4 is 5.32 Å². The van der Waals surface area contributed by atoms with E-state index in [4.69, 9.17) is 0 Å². The summed E-state index contributed by atoms with van der Waals surface area (Å²) in [7, 11) is 1.94. The first kappa shape index (κ1) is 10.7. The van der Waals surface area contributed by atoms with Crippen molar-refractivity contribution in [2.24, 2.45) is 0 Å². The highest BCUT2D eigenvalue weighted by molar-refractivity contribution is 5.64. The molecular weight excluding hydrogens is 198 g/mol. The van der Waals surface area contributed by atoms with Gasteiger partial charge in [-0.25, -0.2) is 0 Å². The predicted octanol–water partition coefficient (Wildman–Crippen LogP) is 2.78. The Labute approximate surface area is 95.6 Å². The molecule has 2 aromatic rings. The maximum atomic E-state index is 9.23. The highest BCUT2D eigenvalue weighted by Gasteiger charge is 1.98. The quantitative estimate of drug-likeness (QED) is 0.821. The number of phenols is 1. The van der Waals surface area contributed by atoms with Crippen molar-refractivity contribution in [1.29, 1.82) is 0 Å². The molecule has 0 bridgehead atoms. The molecule has 2 aromatic carbocycles. The van der Waals surface area contributed by atoms with Crippen molar-refractivity contribution in [2.75, 3.05) is 7.05 Å². The van der Waals surface area contributed by atoms with Gasteiger partial charge in [0.05, 0.1) is 0 Å². The van der Waals surface area contributed by atoms with Crippen molar-refractivity contribution in [3.63, 3.8) is 0 Å². The number of nitrogens with one attached hydrogen (secondary N) is 1. The van der Waals surface area contributed by atoms with E-state index >= 15 is 0 Å². The first-order valence-corrected chi connectivity index (χ1v) is 5.32. The average molecular weight is 213 g/mol. The molecule has 0 aromatic heterocycles. The van der Waals surface area contributed by atoms with Gasteiger partial charge in [-0.1, -0.05) is 30.3 Å². The molecule has 0 aliphatic carbocycles. The molecular formula is C14H15NO. The Kier molecular flexibility index (Phi) is 3.22. The van der Waals surface area contributed by atoms with E-state index in [9.17, 15) is 5.11 Å². The highest BCUT2D eigenvalue weighted by atomic mass is 16.3. The van der Waals surface area contributed by atoms with Gasteiger partial charge in [0.1, 0.15) is 5.75 Å². The lowest BCUT2D eigenvalue weighted by Gasteiger charge is -2.05. The minimum Gasteiger partial charge on any atom is -0.508 e. The molecule has 16 heavy (non-hydrogen) atoms. The van der Waals surface area contributed by atoms with Crippen LogP contribution in [0.3, 0.4) is 0 Å². The summed E-state index contributed by atoms with van der Waals surface area (Å²) in [4.78, 5) is 0. The van der Waals surface area contributed by atoms with Crippen LogP contribution in [-0.4, -0.2) is 12.2 Å². The number of hydrogen-bond donors (Lipinski definition) is 2. The molecule has 0 heterocycles. The van der Waals surface area contributed by atoms with E-state index in [-0.39, 0.29) is 0 Å². The maximum Gasteiger partial charge on any atom is 0.115 e. The van der Waals surface area contributed by atoms with E-state index in [0.29, 0.717) is 5.75 Å². The molecule has 0 aliphatic heterocycles. The van der Waals surface area contributed by atoms with Crippen LogP contribution in [0.4, 0.5) is 0 Å². The van der Waals surface area contributed by atoms with Crippen molar-refractivity contribution >= 4 is 0 Å². The molecule has 0 amide bonds. The molecule has 0 radical (unpaired) electrons. The fourth-order valence-electron chi connectivity index (χ4n) is 1.72. The van der Waals surface area contributed by atoms with Crippen LogP contribution in [-0.2, 0) is 6.54 Å². The van der Waals surface area contributed by atoms with Crippen molar-refractivity contribution in [3.05, 3.63) is 54.1 Å². The van der Waals surface area contributed by atoms with Gasteiger partial charge in [-0.15, -0.1) is 0 Å². The van der Waals surface area contributed by atoms with Crippen LogP contribution in [0.2, 0.25) is 0 Å². The second-order valence-corrected chi connectivity index (χ2v) is 3.78. The van der Waals surface area contributed by atoms with Gasteiger partial charge in [-0.05, 0) is 41.9 Å². The van der Waals surface area contributed by atoms with E-state index in [1.54, 1.807) is 12.1 Å². The fourth-order valence-corrected chi connectivity index (χ4v) is 1.72. The van der Waals surface area contributed by atoms with E-state index in [1.165, 1.54) is 11.1 Å². The number of phenolic OH excluding ortho intramolecular Hbond substituents is 1. The van der Waals surface area contributed by atoms with Crippen molar-refractivity contribution in [1.82, 2.24) is 5.32 Å². The monoisotopic (exact) mass is 213 g/mol. The molecule has 2 heteroatoms. The second-order valence-electron chi connectivity index (χ2n) is 3.78. The van der Waals surface area contributed by atoms with Gasteiger partial charge in [0.25, 0.3) is 0 Å². The summed E-state index contributed by atoms with van der Waals surface area (Å²) in [6.07, 6.45) is 0. The van der Waals surface area contributed by atoms with Gasteiger partial charge in [-0.2, -0.15) is 0 Å². The largest absolute Gasteiger partial charge is 0.508 e. The second kappa shape index (κ2) is 4.81. The standard InChI is InChI=1S/C14H15NO/c1-15-10-11-3-2-4-13(9-11)12-5-7-14(16)8-6-12/h2-9,15-16H,10H2,1H3. The molecule has 2 rings (SSSR count). The third kappa shape index (κ3) is 2.41. The topological polar surface area (TPSA) is 32.3 Å². The number of hydrogen-bond acceptors (Lipinski definition) is 2. The normalized spacial score (nSPS) is 10.3. The lowest BCUT2D eigenvalue weighted by atomic mass is 10.0. The van der Waals surface area contributed by atoms with Crippen molar-refractivity contribution in [3.8, 4) is 16.9 Å². The Morgan fingerprint density at radius 2 is 1.75 bits per heavy atom. The zero-order valence-electron chi connectivity index (χ0n) is 9.27. The molecule has 2 nitrogen and oxygen atoms in total. The Morgan fingerprint density at radius 1 is 1.00 bits per heavy atom. The van der Waals surface area contributed by atoms with Crippen molar-refractivity contribution < 1.29 is 5.11 Å². The number of rotatable bonds is 3. The molecule has 0 fully saturated rings. The molecule has 0 saturated carbocycles. The first-order valence-electron chi connectivity index (χ1n) is 5.32. The van der Waals surface area contributed by atoms with Gasteiger partial charge in [0, 0.05) is 6.54 Å². The molecule has 82 valence electrons. The Morgan fingerprint density at radius 3 is 2.44 bits per heavy atom. The summed E-state index contributed by atoms with van der Waals surface area (Å²) < 4.78 is 0. The molecule has 0 unspecified atom stereocenters. The summed E-state index contributed by atoms with van der Waals surface area (Å²) in [5, 5.41) is 12.4. The summed E-state index contributed by atoms with van der Waals surface area (Å²) >= 11 is 0. The molecule has 0 atom stereocenters. The van der Waals surface area contributed by atoms with E-state index in [0.717, 1.165) is 12.1 Å². The van der Waals surface area contributed by atoms with Crippen LogP contribution in [0.1, 0.15) is 5.56 Å². The Balaban J connectivity index is 2.32. The van der Waals surface area contributed by atoms with Crippen LogP contribution in [0, 0.1) is 0 Å². The Hall–Kier alpha value is -1.80. The lowest BCUT2D eigenvalue weighted by Crippen LogP contribution is -2.04.